The SMILES string of the molecule is c1cc(=[N+]2CCCC2)cco1. The summed E-state index contributed by atoms with van der Waals surface area (Å²) in [5, 5.41) is 1.29. The first kappa shape index (κ1) is 6.65. The largest absolute Gasteiger partial charge is 0.472 e. The third-order valence-electron chi connectivity index (χ3n) is 2.11. The first-order chi connectivity index (χ1) is 5.47. The third kappa shape index (κ3) is 1.34. The Hall–Kier alpha value is -1.05. The van der Waals surface area contributed by atoms with Crippen molar-refractivity contribution in [2.75, 3.05) is 13.1 Å². The van der Waals surface area contributed by atoms with E-state index in [0.29, 0.717) is 0 Å². The molecule has 1 aromatic heterocycles. The van der Waals surface area contributed by atoms with Crippen molar-refractivity contribution in [1.29, 1.82) is 0 Å². The van der Waals surface area contributed by atoms with Gasteiger partial charge in [-0.05, 0) is 0 Å². The van der Waals surface area contributed by atoms with Crippen LogP contribution in [0.5, 0.6) is 0 Å². The van der Waals surface area contributed by atoms with Crippen molar-refractivity contribution >= 4 is 0 Å². The molecule has 0 spiro atoms. The van der Waals surface area contributed by atoms with Crippen LogP contribution in [0.4, 0.5) is 0 Å². The van der Waals surface area contributed by atoms with E-state index in [1.54, 1.807) is 12.5 Å². The summed E-state index contributed by atoms with van der Waals surface area (Å²) in [5.74, 6) is 0. The minimum absolute atomic E-state index is 1.20. The van der Waals surface area contributed by atoms with Crippen LogP contribution in [0.15, 0.2) is 29.1 Å². The molecule has 0 radical (unpaired) electrons. The molecule has 11 heavy (non-hydrogen) atoms. The van der Waals surface area contributed by atoms with Crippen LogP contribution in [0.1, 0.15) is 12.8 Å². The highest BCUT2D eigenvalue weighted by atomic mass is 16.3. The van der Waals surface area contributed by atoms with E-state index in [0.717, 1.165) is 0 Å². The van der Waals surface area contributed by atoms with Crippen LogP contribution >= 0.6 is 0 Å². The predicted octanol–water partition coefficient (Wildman–Crippen LogP) is 0.846. The summed E-state index contributed by atoms with van der Waals surface area (Å²) in [6.45, 7) is 2.40. The van der Waals surface area contributed by atoms with Gasteiger partial charge in [-0.3, -0.25) is 0 Å². The van der Waals surface area contributed by atoms with E-state index in [9.17, 15) is 0 Å². The molecule has 0 atom stereocenters. The fourth-order valence-electron chi connectivity index (χ4n) is 1.51. The summed E-state index contributed by atoms with van der Waals surface area (Å²) in [6, 6.07) is 4.04. The minimum atomic E-state index is 1.20. The van der Waals surface area contributed by atoms with Crippen LogP contribution in [0, 0.1) is 0 Å². The Balaban J connectivity index is 2.47. The third-order valence-corrected chi connectivity index (χ3v) is 2.11. The van der Waals surface area contributed by atoms with Crippen LogP contribution < -0.4 is 9.93 Å². The van der Waals surface area contributed by atoms with Crippen molar-refractivity contribution in [2.24, 2.45) is 0 Å². The number of nitrogens with zero attached hydrogens (tertiary/aromatic N) is 1. The molecule has 2 heterocycles. The van der Waals surface area contributed by atoms with E-state index in [1.807, 2.05) is 12.1 Å². The van der Waals surface area contributed by atoms with Gasteiger partial charge < -0.3 is 4.42 Å². The van der Waals surface area contributed by atoms with Crippen LogP contribution in [-0.4, -0.2) is 13.1 Å². The quantitative estimate of drug-likeness (QED) is 0.501. The molecule has 2 nitrogen and oxygen atoms in total. The monoisotopic (exact) mass is 150 g/mol. The molecule has 0 N–H and O–H groups in total. The van der Waals surface area contributed by atoms with Gasteiger partial charge >= 0.3 is 0 Å². The fraction of sp³-hybridized carbons (Fsp3) is 0.444. The molecular formula is C9H12NO+. The molecule has 1 aliphatic rings. The van der Waals surface area contributed by atoms with Gasteiger partial charge in [0.25, 0.3) is 0 Å². The Kier molecular flexibility index (Phi) is 1.76. The fourth-order valence-corrected chi connectivity index (χ4v) is 1.51. The van der Waals surface area contributed by atoms with Gasteiger partial charge in [0.15, 0.2) is 0 Å². The first-order valence-corrected chi connectivity index (χ1v) is 4.07. The second-order valence-electron chi connectivity index (χ2n) is 2.86. The Bertz CT molecular complexity index is 275. The van der Waals surface area contributed by atoms with Crippen LogP contribution in [-0.2, 0) is 0 Å². The summed E-state index contributed by atoms with van der Waals surface area (Å²) in [5.41, 5.74) is 0. The molecule has 0 unspecified atom stereocenters. The molecule has 0 amide bonds. The van der Waals surface area contributed by atoms with Gasteiger partial charge in [-0.1, -0.05) is 0 Å². The van der Waals surface area contributed by atoms with Crippen molar-refractivity contribution < 1.29 is 4.42 Å². The van der Waals surface area contributed by atoms with E-state index in [2.05, 4.69) is 4.58 Å². The lowest BCUT2D eigenvalue weighted by atomic mass is 10.4. The second-order valence-corrected chi connectivity index (χ2v) is 2.86. The van der Waals surface area contributed by atoms with Crippen LogP contribution in [0.2, 0.25) is 0 Å². The highest BCUT2D eigenvalue weighted by Crippen LogP contribution is 1.96. The lowest BCUT2D eigenvalue weighted by Crippen LogP contribution is -2.25. The molecule has 0 saturated carbocycles. The zero-order chi connectivity index (χ0) is 7.52. The Labute approximate surface area is 65.8 Å². The Morgan fingerprint density at radius 1 is 1.09 bits per heavy atom. The number of hydrogen-bond acceptors (Lipinski definition) is 1. The van der Waals surface area contributed by atoms with Crippen molar-refractivity contribution in [2.45, 2.75) is 12.8 Å². The van der Waals surface area contributed by atoms with Crippen LogP contribution in [0.3, 0.4) is 0 Å². The zero-order valence-electron chi connectivity index (χ0n) is 6.49. The number of hydrogen-bond donors (Lipinski definition) is 0. The van der Waals surface area contributed by atoms with E-state index in [4.69, 9.17) is 4.42 Å². The van der Waals surface area contributed by atoms with Crippen molar-refractivity contribution in [3.8, 4) is 0 Å². The highest BCUT2D eigenvalue weighted by Gasteiger charge is 2.12. The van der Waals surface area contributed by atoms with E-state index in [-0.39, 0.29) is 0 Å². The molecule has 2 heteroatoms. The average Bonchev–Trinajstić information content (AvgIpc) is 2.58. The van der Waals surface area contributed by atoms with E-state index in [1.165, 1.54) is 31.3 Å². The molecule has 1 aliphatic heterocycles. The normalized spacial score (nSPS) is 17.3. The van der Waals surface area contributed by atoms with Gasteiger partial charge in [0.05, 0.1) is 12.5 Å². The smallest absolute Gasteiger partial charge is 0.206 e. The lowest BCUT2D eigenvalue weighted by molar-refractivity contribution is 0.542. The van der Waals surface area contributed by atoms with Gasteiger partial charge in [0.1, 0.15) is 13.1 Å². The summed E-state index contributed by atoms with van der Waals surface area (Å²) in [4.78, 5) is 0. The summed E-state index contributed by atoms with van der Waals surface area (Å²) in [6.07, 6.45) is 6.11. The van der Waals surface area contributed by atoms with Gasteiger partial charge in [-0.15, -0.1) is 0 Å². The minimum Gasteiger partial charge on any atom is -0.472 e. The van der Waals surface area contributed by atoms with Crippen molar-refractivity contribution in [3.63, 3.8) is 0 Å². The van der Waals surface area contributed by atoms with Gasteiger partial charge in [0.2, 0.25) is 5.36 Å². The predicted molar refractivity (Wildman–Crippen MR) is 42.9 cm³/mol. The maximum absolute atomic E-state index is 4.95. The maximum atomic E-state index is 4.95. The topological polar surface area (TPSA) is 16.1 Å². The molecule has 1 saturated heterocycles. The first-order valence-electron chi connectivity index (χ1n) is 4.07. The average molecular weight is 150 g/mol. The summed E-state index contributed by atoms with van der Waals surface area (Å²) < 4.78 is 7.34. The molecule has 1 aromatic rings. The molecule has 0 aromatic carbocycles. The second kappa shape index (κ2) is 2.91. The van der Waals surface area contributed by atoms with Crippen molar-refractivity contribution in [3.05, 3.63) is 30.0 Å². The van der Waals surface area contributed by atoms with Gasteiger partial charge in [-0.25, -0.2) is 4.58 Å². The summed E-state index contributed by atoms with van der Waals surface area (Å²) in [7, 11) is 0. The highest BCUT2D eigenvalue weighted by molar-refractivity contribution is 4.89. The Morgan fingerprint density at radius 2 is 1.73 bits per heavy atom. The molecule has 0 aliphatic carbocycles. The van der Waals surface area contributed by atoms with Gasteiger partial charge in [-0.2, -0.15) is 0 Å². The standard InChI is InChI=1S/C9H12NO/c1-2-6-10(5-1)9-3-7-11-8-4-9/h3-4,7-8H,1-2,5-6H2/q+1. The van der Waals surface area contributed by atoms with E-state index >= 15 is 0 Å². The van der Waals surface area contributed by atoms with Crippen LogP contribution in [0.25, 0.3) is 0 Å². The zero-order valence-corrected chi connectivity index (χ0v) is 6.49. The van der Waals surface area contributed by atoms with Gasteiger partial charge in [0, 0.05) is 25.0 Å². The molecular weight excluding hydrogens is 138 g/mol. The summed E-state index contributed by atoms with van der Waals surface area (Å²) >= 11 is 0. The van der Waals surface area contributed by atoms with Crippen molar-refractivity contribution in [1.82, 2.24) is 4.58 Å². The number of rotatable bonds is 0. The maximum Gasteiger partial charge on any atom is 0.206 e. The van der Waals surface area contributed by atoms with E-state index < -0.39 is 0 Å². The molecule has 58 valence electrons. The lowest BCUT2D eigenvalue weighted by Gasteiger charge is -1.89. The molecule has 2 rings (SSSR count). The molecule has 1 fully saturated rings. The molecule has 0 bridgehead atoms. The Morgan fingerprint density at radius 3 is 2.36 bits per heavy atom.